The maximum atomic E-state index is 11.5. The van der Waals surface area contributed by atoms with Crippen molar-refractivity contribution in [2.75, 3.05) is 0 Å². The van der Waals surface area contributed by atoms with Crippen molar-refractivity contribution in [2.45, 2.75) is 12.1 Å². The van der Waals surface area contributed by atoms with Crippen molar-refractivity contribution >= 4 is 44.3 Å². The molecule has 6 atom stereocenters. The molecule has 0 spiro atoms. The molecule has 0 saturated carbocycles. The Morgan fingerprint density at radius 2 is 1.04 bits per heavy atom. The van der Waals surface area contributed by atoms with Crippen LogP contribution in [-0.2, 0) is 33.3 Å². The highest BCUT2D eigenvalue weighted by Gasteiger charge is 2.56. The smallest absolute Gasteiger partial charge is 0.356 e. The van der Waals surface area contributed by atoms with Crippen LogP contribution in [-0.4, -0.2) is 72.1 Å². The van der Waals surface area contributed by atoms with Gasteiger partial charge in [-0.25, -0.2) is 4.79 Å². The van der Waals surface area contributed by atoms with Crippen LogP contribution in [0.3, 0.4) is 0 Å². The molecular weight excluding hydrogens is 383 g/mol. The lowest BCUT2D eigenvalue weighted by atomic mass is 9.72. The lowest BCUT2D eigenvalue weighted by Gasteiger charge is -2.28. The normalized spacial score (nSPS) is 16.6. The van der Waals surface area contributed by atoms with E-state index in [9.17, 15) is 43.5 Å². The third-order valence-electron chi connectivity index (χ3n) is 3.53. The molecule has 0 aliphatic rings. The van der Waals surface area contributed by atoms with E-state index in [0.29, 0.717) is 0 Å². The average Bonchev–Trinajstić information content (AvgIpc) is 2.46. The van der Waals surface area contributed by atoms with Gasteiger partial charge in [0.05, 0.1) is 24.2 Å². The predicted molar refractivity (Wildman–Crippen MR) is 77.2 cm³/mol. The first-order valence-electron chi connectivity index (χ1n) is 6.60. The summed E-state index contributed by atoms with van der Waals surface area (Å²) < 4.78 is 11.1. The van der Waals surface area contributed by atoms with E-state index in [1.165, 1.54) is 0 Å². The van der Waals surface area contributed by atoms with Gasteiger partial charge in [-0.15, -0.1) is 0 Å². The molecule has 0 aromatic rings. The fourth-order valence-corrected chi connectivity index (χ4v) is 3.04. The monoisotopic (exact) mass is 397 g/mol. The Kier molecular flexibility index (Phi) is 8.30. The van der Waals surface area contributed by atoms with Gasteiger partial charge in [0.15, 0.2) is 0 Å². The van der Waals surface area contributed by atoms with Crippen LogP contribution in [0.25, 0.3) is 0 Å². The van der Waals surface area contributed by atoms with Gasteiger partial charge in [0.1, 0.15) is 5.92 Å². The summed E-state index contributed by atoms with van der Waals surface area (Å²) in [4.78, 5) is 67.4. The lowest BCUT2D eigenvalue weighted by molar-refractivity contribution is -0.170. The molecule has 6 N–H and O–H groups in total. The van der Waals surface area contributed by atoms with Crippen molar-refractivity contribution in [3.63, 3.8) is 0 Å². The Balaban J connectivity index is 6.51. The Bertz CT molecular complexity index is 641. The molecule has 6 unspecified atom stereocenters. The Morgan fingerprint density at radius 1 is 0.615 bits per heavy atom. The summed E-state index contributed by atoms with van der Waals surface area (Å²) in [5, 5.41) is 54.3. The number of carbonyl (C=O) groups is 6. The zero-order valence-electron chi connectivity index (χ0n) is 12.6. The highest BCUT2D eigenvalue weighted by molar-refractivity contribution is 7.26. The van der Waals surface area contributed by atoms with Gasteiger partial charge in [-0.3, -0.25) is 24.0 Å². The maximum Gasteiger partial charge on any atom is 0.356 e. The average molecular weight is 397 g/mol. The molecule has 13 nitrogen and oxygen atoms in total. The zero-order chi connectivity index (χ0) is 20.8. The van der Waals surface area contributed by atoms with Crippen LogP contribution in [0.15, 0.2) is 0 Å². The summed E-state index contributed by atoms with van der Waals surface area (Å²) in [7, 11) is -1.89. The van der Waals surface area contributed by atoms with Gasteiger partial charge in [0, 0.05) is 0 Å². The van der Waals surface area contributed by atoms with Crippen molar-refractivity contribution in [1.29, 1.82) is 0 Å². The third-order valence-corrected chi connectivity index (χ3v) is 4.39. The molecule has 0 rings (SSSR count). The number of carboxylic acids is 6. The van der Waals surface area contributed by atoms with E-state index in [2.05, 4.69) is 0 Å². The van der Waals surface area contributed by atoms with E-state index in [-0.39, 0.29) is 0 Å². The minimum Gasteiger partial charge on any atom is -0.481 e. The Labute approximate surface area is 145 Å². The lowest BCUT2D eigenvalue weighted by Crippen LogP contribution is -2.49. The predicted octanol–water partition coefficient (Wildman–Crippen LogP) is -1.26. The van der Waals surface area contributed by atoms with Crippen LogP contribution in [0.1, 0.15) is 6.42 Å². The summed E-state index contributed by atoms with van der Waals surface area (Å²) >= 11 is 0. The molecule has 0 aromatic heterocycles. The highest BCUT2D eigenvalue weighted by atomic mass is 31.1. The number of carboxylic acid groups (broad SMARTS) is 6. The molecule has 0 heterocycles. The third kappa shape index (κ3) is 5.48. The van der Waals surface area contributed by atoms with Gasteiger partial charge in [-0.1, -0.05) is 4.57 Å². The first kappa shape index (κ1) is 22.9. The molecule has 14 heteroatoms. The SMILES string of the molecule is O=[PH+]C(C(=O)O)C(C(=O)O)C(C(=O)O)C(C(=O)O)C(CC(=O)O)C(=O)O. The molecule has 0 aliphatic carbocycles. The molecule has 0 aliphatic heterocycles. The molecule has 0 fully saturated rings. The molecule has 26 heavy (non-hydrogen) atoms. The van der Waals surface area contributed by atoms with Crippen molar-refractivity contribution in [3.05, 3.63) is 0 Å². The zero-order valence-corrected chi connectivity index (χ0v) is 13.6. The molecule has 0 aromatic carbocycles. The van der Waals surface area contributed by atoms with Gasteiger partial charge in [-0.05, 0) is 0 Å². The summed E-state index contributed by atoms with van der Waals surface area (Å²) in [5.41, 5.74) is -2.35. The quantitative estimate of drug-likeness (QED) is 0.211. The summed E-state index contributed by atoms with van der Waals surface area (Å²) in [6.07, 6.45) is -1.36. The minimum atomic E-state index is -2.67. The summed E-state index contributed by atoms with van der Waals surface area (Å²) in [6.45, 7) is 0. The molecule has 0 saturated heterocycles. The van der Waals surface area contributed by atoms with Gasteiger partial charge in [0.2, 0.25) is 0 Å². The van der Waals surface area contributed by atoms with Crippen LogP contribution >= 0.6 is 8.46 Å². The molecule has 0 amide bonds. The van der Waals surface area contributed by atoms with Gasteiger partial charge < -0.3 is 30.6 Å². The topological polar surface area (TPSA) is 241 Å². The fourth-order valence-electron chi connectivity index (χ4n) is 2.44. The van der Waals surface area contributed by atoms with Gasteiger partial charge in [-0.2, -0.15) is 0 Å². The van der Waals surface area contributed by atoms with E-state index in [0.717, 1.165) is 0 Å². The largest absolute Gasteiger partial charge is 0.481 e. The van der Waals surface area contributed by atoms with Crippen LogP contribution < -0.4 is 0 Å². The number of hydrogen-bond donors (Lipinski definition) is 6. The molecular formula is C12H14O13P+. The summed E-state index contributed by atoms with van der Waals surface area (Å²) in [5.74, 6) is -22.6. The summed E-state index contributed by atoms with van der Waals surface area (Å²) in [6, 6.07) is 0. The fraction of sp³-hybridized carbons (Fsp3) is 0.500. The Morgan fingerprint density at radius 3 is 1.27 bits per heavy atom. The van der Waals surface area contributed by atoms with Gasteiger partial charge in [0.25, 0.3) is 5.66 Å². The standard InChI is InChI=1S/C12H13O13P/c13-3(14)1-2(8(15)16)4(9(17)18)5(10(19)20)6(11(21)22)7(26-25)12(23)24/h2,4-7H,1H2,(H,13,14)(H,15,16)(H,17,18)(H,19,20)(H,21,22)(H,23,24)/p+1. The first-order chi connectivity index (χ1) is 11.9. The molecule has 144 valence electrons. The van der Waals surface area contributed by atoms with E-state index in [1.54, 1.807) is 0 Å². The highest BCUT2D eigenvalue weighted by Crippen LogP contribution is 2.36. The van der Waals surface area contributed by atoms with Crippen LogP contribution in [0.2, 0.25) is 0 Å². The van der Waals surface area contributed by atoms with Gasteiger partial charge >= 0.3 is 44.3 Å². The van der Waals surface area contributed by atoms with Crippen molar-refractivity contribution in [3.8, 4) is 0 Å². The van der Waals surface area contributed by atoms with Crippen LogP contribution in [0.5, 0.6) is 0 Å². The number of rotatable bonds is 12. The van der Waals surface area contributed by atoms with Crippen molar-refractivity contribution in [1.82, 2.24) is 0 Å². The van der Waals surface area contributed by atoms with Crippen molar-refractivity contribution in [2.24, 2.45) is 23.7 Å². The van der Waals surface area contributed by atoms with Crippen LogP contribution in [0, 0.1) is 23.7 Å². The second-order valence-electron chi connectivity index (χ2n) is 5.07. The van der Waals surface area contributed by atoms with E-state index in [1.807, 2.05) is 0 Å². The van der Waals surface area contributed by atoms with E-state index < -0.39 is 80.0 Å². The number of hydrogen-bond acceptors (Lipinski definition) is 7. The molecule has 0 radical (unpaired) electrons. The van der Waals surface area contributed by atoms with Crippen LogP contribution in [0.4, 0.5) is 0 Å². The second kappa shape index (κ2) is 9.42. The second-order valence-corrected chi connectivity index (χ2v) is 5.93. The number of aliphatic carboxylic acids is 6. The molecule has 0 bridgehead atoms. The maximum absolute atomic E-state index is 11.5. The van der Waals surface area contributed by atoms with E-state index >= 15 is 0 Å². The van der Waals surface area contributed by atoms with Crippen molar-refractivity contribution < 1.29 is 64.0 Å². The minimum absolute atomic E-state index is 1.36. The van der Waals surface area contributed by atoms with E-state index in [4.69, 9.17) is 20.4 Å². The first-order valence-corrected chi connectivity index (χ1v) is 7.58. The Hall–Kier alpha value is -3.08.